The molecule has 5 heteroatoms. The van der Waals surface area contributed by atoms with Crippen LogP contribution < -0.4 is 10.1 Å². The molecule has 0 bridgehead atoms. The Kier molecular flexibility index (Phi) is 6.91. The van der Waals surface area contributed by atoms with Crippen LogP contribution in [0.5, 0.6) is 5.75 Å². The van der Waals surface area contributed by atoms with Crippen molar-refractivity contribution in [1.29, 1.82) is 0 Å². The minimum atomic E-state index is -0.183. The lowest BCUT2D eigenvalue weighted by Crippen LogP contribution is -2.29. The number of carbonyl (C=O) groups is 2. The van der Waals surface area contributed by atoms with Gasteiger partial charge in [-0.3, -0.25) is 9.59 Å². The Morgan fingerprint density at radius 1 is 1.10 bits per heavy atom. The van der Waals surface area contributed by atoms with Crippen molar-refractivity contribution >= 4 is 11.8 Å². The van der Waals surface area contributed by atoms with Gasteiger partial charge < -0.3 is 15.0 Å². The summed E-state index contributed by atoms with van der Waals surface area (Å²) in [5, 5.41) is 2.88. The zero-order valence-electron chi connectivity index (χ0n) is 17.5. The molecule has 2 amide bonds. The zero-order chi connectivity index (χ0) is 20.8. The van der Waals surface area contributed by atoms with Crippen molar-refractivity contribution < 1.29 is 14.3 Å². The Hall–Kier alpha value is -2.82. The third-order valence-corrected chi connectivity index (χ3v) is 5.21. The second-order valence-corrected chi connectivity index (χ2v) is 7.96. The lowest BCUT2D eigenvalue weighted by Gasteiger charge is -2.16. The van der Waals surface area contributed by atoms with Gasteiger partial charge in [0.15, 0.2) is 6.61 Å². The van der Waals surface area contributed by atoms with E-state index in [1.54, 1.807) is 0 Å². The van der Waals surface area contributed by atoms with Crippen LogP contribution >= 0.6 is 0 Å². The number of likely N-dealkylation sites (tertiary alicyclic amines) is 1. The third kappa shape index (κ3) is 5.59. The van der Waals surface area contributed by atoms with E-state index < -0.39 is 0 Å². The maximum absolute atomic E-state index is 12.5. The summed E-state index contributed by atoms with van der Waals surface area (Å²) in [6.45, 7) is 8.21. The molecule has 0 unspecified atom stereocenters. The number of amides is 2. The predicted molar refractivity (Wildman–Crippen MR) is 114 cm³/mol. The van der Waals surface area contributed by atoms with Gasteiger partial charge in [-0.15, -0.1) is 0 Å². The van der Waals surface area contributed by atoms with E-state index >= 15 is 0 Å². The molecule has 0 aromatic heterocycles. The number of carbonyl (C=O) groups excluding carboxylic acids is 2. The molecule has 1 fully saturated rings. The number of hydrogen-bond donors (Lipinski definition) is 1. The Bertz CT molecular complexity index is 870. The highest BCUT2D eigenvalue weighted by Crippen LogP contribution is 2.27. The summed E-state index contributed by atoms with van der Waals surface area (Å²) in [4.78, 5) is 26.7. The van der Waals surface area contributed by atoms with Gasteiger partial charge in [-0.05, 0) is 60.6 Å². The molecule has 29 heavy (non-hydrogen) atoms. The molecule has 0 saturated carbocycles. The van der Waals surface area contributed by atoms with Gasteiger partial charge in [0.2, 0.25) is 0 Å². The topological polar surface area (TPSA) is 58.6 Å². The number of hydrogen-bond acceptors (Lipinski definition) is 3. The number of aryl methyl sites for hydroxylation is 1. The molecule has 1 saturated heterocycles. The SMILES string of the molecule is Cc1ccc(C(C)C)c(OCC(=O)NCc2cccc(C(=O)N3CCCC3)c2)c1. The summed E-state index contributed by atoms with van der Waals surface area (Å²) in [5.74, 6) is 0.968. The Balaban J connectivity index is 1.54. The van der Waals surface area contributed by atoms with Gasteiger partial charge in [0.05, 0.1) is 0 Å². The monoisotopic (exact) mass is 394 g/mol. The molecule has 0 spiro atoms. The minimum absolute atomic E-state index is 0.0322. The summed E-state index contributed by atoms with van der Waals surface area (Å²) in [5.41, 5.74) is 3.78. The molecular weight excluding hydrogens is 364 g/mol. The minimum Gasteiger partial charge on any atom is -0.483 e. The lowest BCUT2D eigenvalue weighted by atomic mass is 10.0. The van der Waals surface area contributed by atoms with Gasteiger partial charge in [0.1, 0.15) is 5.75 Å². The van der Waals surface area contributed by atoms with E-state index in [2.05, 4.69) is 31.3 Å². The highest BCUT2D eigenvalue weighted by Gasteiger charge is 2.19. The van der Waals surface area contributed by atoms with Crippen molar-refractivity contribution in [3.05, 3.63) is 64.7 Å². The van der Waals surface area contributed by atoms with E-state index in [-0.39, 0.29) is 18.4 Å². The fourth-order valence-corrected chi connectivity index (χ4v) is 3.56. The van der Waals surface area contributed by atoms with Crippen LogP contribution in [0.1, 0.15) is 59.7 Å². The molecule has 1 aliphatic heterocycles. The highest BCUT2D eigenvalue weighted by molar-refractivity contribution is 5.94. The van der Waals surface area contributed by atoms with Crippen molar-refractivity contribution in [2.75, 3.05) is 19.7 Å². The Morgan fingerprint density at radius 3 is 2.59 bits per heavy atom. The Morgan fingerprint density at radius 2 is 1.86 bits per heavy atom. The van der Waals surface area contributed by atoms with Gasteiger partial charge in [0.25, 0.3) is 11.8 Å². The maximum atomic E-state index is 12.5. The summed E-state index contributed by atoms with van der Waals surface area (Å²) >= 11 is 0. The quantitative estimate of drug-likeness (QED) is 0.771. The molecule has 0 radical (unpaired) electrons. The molecule has 1 aliphatic rings. The molecule has 2 aromatic carbocycles. The van der Waals surface area contributed by atoms with Crippen molar-refractivity contribution in [2.45, 2.75) is 46.1 Å². The number of nitrogens with zero attached hydrogens (tertiary/aromatic N) is 1. The van der Waals surface area contributed by atoms with E-state index in [1.807, 2.05) is 42.2 Å². The summed E-state index contributed by atoms with van der Waals surface area (Å²) in [6.07, 6.45) is 2.14. The van der Waals surface area contributed by atoms with Crippen LogP contribution in [-0.2, 0) is 11.3 Å². The van der Waals surface area contributed by atoms with Crippen LogP contribution in [-0.4, -0.2) is 36.4 Å². The predicted octanol–water partition coefficient (Wildman–Crippen LogP) is 4.05. The first kappa shape index (κ1) is 20.9. The largest absolute Gasteiger partial charge is 0.483 e. The van der Waals surface area contributed by atoms with E-state index in [4.69, 9.17) is 4.74 Å². The molecule has 1 heterocycles. The molecular formula is C24H30N2O3. The highest BCUT2D eigenvalue weighted by atomic mass is 16.5. The molecule has 0 atom stereocenters. The van der Waals surface area contributed by atoms with Crippen molar-refractivity contribution in [3.8, 4) is 5.75 Å². The smallest absolute Gasteiger partial charge is 0.258 e. The summed E-state index contributed by atoms with van der Waals surface area (Å²) in [7, 11) is 0. The Labute approximate surface area is 173 Å². The average Bonchev–Trinajstić information content (AvgIpc) is 3.25. The standard InChI is InChI=1S/C24H30N2O3/c1-17(2)21-10-9-18(3)13-22(21)29-16-23(27)25-15-19-7-6-8-20(14-19)24(28)26-11-4-5-12-26/h6-10,13-14,17H,4-5,11-12,15-16H2,1-3H3,(H,25,27). The normalized spacial score (nSPS) is 13.6. The number of nitrogens with one attached hydrogen (secondary N) is 1. The van der Waals surface area contributed by atoms with E-state index in [1.165, 1.54) is 0 Å². The second kappa shape index (κ2) is 9.59. The van der Waals surface area contributed by atoms with Gasteiger partial charge in [-0.1, -0.05) is 38.1 Å². The van der Waals surface area contributed by atoms with Crippen molar-refractivity contribution in [1.82, 2.24) is 10.2 Å². The average molecular weight is 395 g/mol. The van der Waals surface area contributed by atoms with Crippen LogP contribution in [0.15, 0.2) is 42.5 Å². The van der Waals surface area contributed by atoms with Gasteiger partial charge >= 0.3 is 0 Å². The van der Waals surface area contributed by atoms with Crippen molar-refractivity contribution in [2.24, 2.45) is 0 Å². The molecule has 154 valence electrons. The van der Waals surface area contributed by atoms with Crippen LogP contribution in [0, 0.1) is 6.92 Å². The molecule has 5 nitrogen and oxygen atoms in total. The van der Waals surface area contributed by atoms with Crippen LogP contribution in [0.25, 0.3) is 0 Å². The van der Waals surface area contributed by atoms with Crippen LogP contribution in [0.2, 0.25) is 0 Å². The van der Waals surface area contributed by atoms with Gasteiger partial charge in [0, 0.05) is 25.2 Å². The molecule has 0 aliphatic carbocycles. The number of rotatable bonds is 7. The van der Waals surface area contributed by atoms with Crippen molar-refractivity contribution in [3.63, 3.8) is 0 Å². The van der Waals surface area contributed by atoms with Crippen LogP contribution in [0.3, 0.4) is 0 Å². The molecule has 2 aromatic rings. The third-order valence-electron chi connectivity index (χ3n) is 5.21. The number of ether oxygens (including phenoxy) is 1. The fraction of sp³-hybridized carbons (Fsp3) is 0.417. The summed E-state index contributed by atoms with van der Waals surface area (Å²) in [6, 6.07) is 13.5. The van der Waals surface area contributed by atoms with E-state index in [0.29, 0.717) is 18.0 Å². The first-order valence-corrected chi connectivity index (χ1v) is 10.3. The van der Waals surface area contributed by atoms with Crippen LogP contribution in [0.4, 0.5) is 0 Å². The number of benzene rings is 2. The first-order chi connectivity index (χ1) is 13.9. The molecule has 3 rings (SSSR count). The zero-order valence-corrected chi connectivity index (χ0v) is 17.5. The second-order valence-electron chi connectivity index (χ2n) is 7.96. The molecule has 1 N–H and O–H groups in total. The first-order valence-electron chi connectivity index (χ1n) is 10.3. The maximum Gasteiger partial charge on any atom is 0.258 e. The van der Waals surface area contributed by atoms with Gasteiger partial charge in [-0.25, -0.2) is 0 Å². The van der Waals surface area contributed by atoms with E-state index in [9.17, 15) is 9.59 Å². The van der Waals surface area contributed by atoms with E-state index in [0.717, 1.165) is 48.4 Å². The fourth-order valence-electron chi connectivity index (χ4n) is 3.56. The lowest BCUT2D eigenvalue weighted by molar-refractivity contribution is -0.123. The van der Waals surface area contributed by atoms with Gasteiger partial charge in [-0.2, -0.15) is 0 Å². The summed E-state index contributed by atoms with van der Waals surface area (Å²) < 4.78 is 5.79.